The topological polar surface area (TPSA) is 15.3 Å². The van der Waals surface area contributed by atoms with Crippen molar-refractivity contribution >= 4 is 16.5 Å². The van der Waals surface area contributed by atoms with Gasteiger partial charge in [-0.15, -0.1) is 0 Å². The molecule has 0 saturated heterocycles. The molecule has 0 amide bonds. The Morgan fingerprint density at radius 3 is 2.61 bits per heavy atom. The summed E-state index contributed by atoms with van der Waals surface area (Å²) in [6.07, 6.45) is 2.45. The highest BCUT2D eigenvalue weighted by molar-refractivity contribution is 5.94. The Hall–Kier alpha value is -1.54. The van der Waals surface area contributed by atoms with Crippen molar-refractivity contribution in [3.05, 3.63) is 42.5 Å². The molecule has 2 nitrogen and oxygen atoms in total. The standard InChI is InChI=1S/C16H22N2/c1-17-12-5-6-13-18(2)16-11-7-9-14-8-3-4-10-15(14)16/h3-4,7-11,17H,5-6,12-13H2,1-2H3. The SMILES string of the molecule is CNCCCCN(C)c1cccc2ccccc12. The number of fused-ring (bicyclic) bond motifs is 1. The molecule has 1 N–H and O–H groups in total. The van der Waals surface area contributed by atoms with Gasteiger partial charge in [0.1, 0.15) is 0 Å². The van der Waals surface area contributed by atoms with Crippen LogP contribution in [0.4, 0.5) is 5.69 Å². The van der Waals surface area contributed by atoms with Crippen molar-refractivity contribution in [2.45, 2.75) is 12.8 Å². The lowest BCUT2D eigenvalue weighted by Gasteiger charge is -2.21. The fourth-order valence-corrected chi connectivity index (χ4v) is 2.31. The summed E-state index contributed by atoms with van der Waals surface area (Å²) in [6.45, 7) is 2.21. The lowest BCUT2D eigenvalue weighted by atomic mass is 10.1. The van der Waals surface area contributed by atoms with Gasteiger partial charge in [-0.3, -0.25) is 0 Å². The van der Waals surface area contributed by atoms with E-state index in [1.807, 2.05) is 7.05 Å². The van der Waals surface area contributed by atoms with Gasteiger partial charge in [-0.05, 0) is 37.9 Å². The predicted molar refractivity (Wildman–Crippen MR) is 80.4 cm³/mol. The molecule has 2 rings (SSSR count). The van der Waals surface area contributed by atoms with Gasteiger partial charge in [0.25, 0.3) is 0 Å². The molecule has 0 aliphatic heterocycles. The predicted octanol–water partition coefficient (Wildman–Crippen LogP) is 3.28. The van der Waals surface area contributed by atoms with Crippen molar-refractivity contribution in [3.8, 4) is 0 Å². The van der Waals surface area contributed by atoms with Gasteiger partial charge in [0.15, 0.2) is 0 Å². The van der Waals surface area contributed by atoms with Gasteiger partial charge in [-0.25, -0.2) is 0 Å². The van der Waals surface area contributed by atoms with Gasteiger partial charge in [-0.1, -0.05) is 36.4 Å². The summed E-state index contributed by atoms with van der Waals surface area (Å²) in [5.41, 5.74) is 1.33. The van der Waals surface area contributed by atoms with Crippen molar-refractivity contribution in [1.82, 2.24) is 5.32 Å². The van der Waals surface area contributed by atoms with Crippen LogP contribution < -0.4 is 10.2 Å². The van der Waals surface area contributed by atoms with Gasteiger partial charge in [0.05, 0.1) is 0 Å². The van der Waals surface area contributed by atoms with E-state index in [1.54, 1.807) is 0 Å². The molecular weight excluding hydrogens is 220 g/mol. The van der Waals surface area contributed by atoms with Crippen LogP contribution in [0, 0.1) is 0 Å². The maximum Gasteiger partial charge on any atom is 0.0443 e. The molecule has 0 atom stereocenters. The van der Waals surface area contributed by atoms with Crippen molar-refractivity contribution in [3.63, 3.8) is 0 Å². The van der Waals surface area contributed by atoms with Gasteiger partial charge >= 0.3 is 0 Å². The molecule has 18 heavy (non-hydrogen) atoms. The van der Waals surface area contributed by atoms with Crippen molar-refractivity contribution < 1.29 is 0 Å². The summed E-state index contributed by atoms with van der Waals surface area (Å²) >= 11 is 0. The van der Waals surface area contributed by atoms with E-state index in [9.17, 15) is 0 Å². The van der Waals surface area contributed by atoms with Crippen LogP contribution >= 0.6 is 0 Å². The zero-order valence-electron chi connectivity index (χ0n) is 11.3. The fourth-order valence-electron chi connectivity index (χ4n) is 2.31. The number of benzene rings is 2. The van der Waals surface area contributed by atoms with Crippen LogP contribution in [-0.4, -0.2) is 27.2 Å². The first-order valence-electron chi connectivity index (χ1n) is 6.66. The van der Waals surface area contributed by atoms with E-state index in [4.69, 9.17) is 0 Å². The summed E-state index contributed by atoms with van der Waals surface area (Å²) in [7, 11) is 4.19. The smallest absolute Gasteiger partial charge is 0.0443 e. The lowest BCUT2D eigenvalue weighted by Crippen LogP contribution is -2.20. The number of anilines is 1. The van der Waals surface area contributed by atoms with E-state index in [0.717, 1.165) is 13.1 Å². The van der Waals surface area contributed by atoms with Crippen LogP contribution in [0.3, 0.4) is 0 Å². The number of nitrogens with zero attached hydrogens (tertiary/aromatic N) is 1. The first-order valence-corrected chi connectivity index (χ1v) is 6.66. The quantitative estimate of drug-likeness (QED) is 0.782. The van der Waals surface area contributed by atoms with Gasteiger partial charge in [0.2, 0.25) is 0 Å². The zero-order chi connectivity index (χ0) is 12.8. The molecule has 2 heteroatoms. The average Bonchev–Trinajstić information content (AvgIpc) is 2.43. The molecule has 0 aliphatic carbocycles. The minimum absolute atomic E-state index is 1.10. The van der Waals surface area contributed by atoms with Crippen LogP contribution in [0.25, 0.3) is 10.8 Å². The summed E-state index contributed by atoms with van der Waals surface area (Å²) in [5, 5.41) is 5.85. The van der Waals surface area contributed by atoms with Crippen LogP contribution in [0.2, 0.25) is 0 Å². The van der Waals surface area contributed by atoms with Gasteiger partial charge < -0.3 is 10.2 Å². The molecule has 0 bridgehead atoms. The second kappa shape index (κ2) is 6.41. The molecule has 2 aromatic carbocycles. The number of hydrogen-bond donors (Lipinski definition) is 1. The summed E-state index contributed by atoms with van der Waals surface area (Å²) in [5.74, 6) is 0. The minimum atomic E-state index is 1.10. The molecular formula is C16H22N2. The molecule has 0 aromatic heterocycles. The Balaban J connectivity index is 2.10. The third-order valence-electron chi connectivity index (χ3n) is 3.35. The monoisotopic (exact) mass is 242 g/mol. The Bertz CT molecular complexity index is 488. The van der Waals surface area contributed by atoms with E-state index in [0.29, 0.717) is 0 Å². The Labute approximate surface area is 110 Å². The molecule has 0 unspecified atom stereocenters. The highest BCUT2D eigenvalue weighted by Gasteiger charge is 2.04. The largest absolute Gasteiger partial charge is 0.374 e. The summed E-state index contributed by atoms with van der Waals surface area (Å²) in [4.78, 5) is 2.36. The number of rotatable bonds is 6. The third-order valence-corrected chi connectivity index (χ3v) is 3.35. The van der Waals surface area contributed by atoms with Crippen LogP contribution in [-0.2, 0) is 0 Å². The number of nitrogens with one attached hydrogen (secondary N) is 1. The first-order chi connectivity index (χ1) is 8.83. The van der Waals surface area contributed by atoms with Crippen molar-refractivity contribution in [1.29, 1.82) is 0 Å². The van der Waals surface area contributed by atoms with E-state index in [2.05, 4.69) is 59.7 Å². The molecule has 0 heterocycles. The average molecular weight is 242 g/mol. The van der Waals surface area contributed by atoms with E-state index < -0.39 is 0 Å². The second-order valence-corrected chi connectivity index (χ2v) is 4.73. The van der Waals surface area contributed by atoms with Crippen molar-refractivity contribution in [2.75, 3.05) is 32.1 Å². The summed E-state index contributed by atoms with van der Waals surface area (Å²) in [6, 6.07) is 15.1. The first kappa shape index (κ1) is 12.9. The Morgan fingerprint density at radius 2 is 1.78 bits per heavy atom. The van der Waals surface area contributed by atoms with Gasteiger partial charge in [0, 0.05) is 24.7 Å². The molecule has 0 aliphatic rings. The lowest BCUT2D eigenvalue weighted by molar-refractivity contribution is 0.671. The van der Waals surface area contributed by atoms with E-state index in [-0.39, 0.29) is 0 Å². The normalized spacial score (nSPS) is 10.8. The Morgan fingerprint density at radius 1 is 1.00 bits per heavy atom. The molecule has 0 fully saturated rings. The fraction of sp³-hybridized carbons (Fsp3) is 0.375. The summed E-state index contributed by atoms with van der Waals surface area (Å²) < 4.78 is 0. The highest BCUT2D eigenvalue weighted by atomic mass is 15.1. The van der Waals surface area contributed by atoms with Crippen LogP contribution in [0.15, 0.2) is 42.5 Å². The molecule has 0 spiro atoms. The Kier molecular flexibility index (Phi) is 4.59. The molecule has 2 aromatic rings. The number of hydrogen-bond acceptors (Lipinski definition) is 2. The van der Waals surface area contributed by atoms with E-state index in [1.165, 1.54) is 29.3 Å². The second-order valence-electron chi connectivity index (χ2n) is 4.73. The maximum atomic E-state index is 3.19. The maximum absolute atomic E-state index is 3.19. The minimum Gasteiger partial charge on any atom is -0.374 e. The van der Waals surface area contributed by atoms with E-state index >= 15 is 0 Å². The highest BCUT2D eigenvalue weighted by Crippen LogP contribution is 2.25. The zero-order valence-corrected chi connectivity index (χ0v) is 11.3. The van der Waals surface area contributed by atoms with Crippen LogP contribution in [0.1, 0.15) is 12.8 Å². The molecule has 0 radical (unpaired) electrons. The van der Waals surface area contributed by atoms with Crippen LogP contribution in [0.5, 0.6) is 0 Å². The number of unbranched alkanes of at least 4 members (excludes halogenated alkanes) is 1. The van der Waals surface area contributed by atoms with Gasteiger partial charge in [-0.2, -0.15) is 0 Å². The molecule has 0 saturated carbocycles. The third kappa shape index (κ3) is 3.02. The van der Waals surface area contributed by atoms with Crippen molar-refractivity contribution in [2.24, 2.45) is 0 Å². The molecule has 96 valence electrons.